The summed E-state index contributed by atoms with van der Waals surface area (Å²) in [5.41, 5.74) is 0.946. The molecule has 188 valence electrons. The van der Waals surface area contributed by atoms with Crippen molar-refractivity contribution < 1.29 is 36.5 Å². The molecule has 10 nitrogen and oxygen atoms in total. The monoisotopic (exact) mass is 504 g/mol. The van der Waals surface area contributed by atoms with Gasteiger partial charge in [0.25, 0.3) is 10.1 Å². The van der Waals surface area contributed by atoms with Crippen molar-refractivity contribution in [2.75, 3.05) is 24.0 Å². The molecule has 2 rings (SSSR count). The molecule has 35 heavy (non-hydrogen) atoms. The van der Waals surface area contributed by atoms with Crippen LogP contribution >= 0.6 is 0 Å². The highest BCUT2D eigenvalue weighted by atomic mass is 32.2. The molecule has 0 saturated carbocycles. The van der Waals surface area contributed by atoms with Crippen molar-refractivity contribution in [3.8, 4) is 0 Å². The van der Waals surface area contributed by atoms with E-state index in [1.165, 1.54) is 24.3 Å². The number of hydrogen-bond acceptors (Lipinski definition) is 8. The highest BCUT2D eigenvalue weighted by Gasteiger charge is 2.26. The molecule has 2 aromatic carbocycles. The van der Waals surface area contributed by atoms with Gasteiger partial charge in [-0.3, -0.25) is 14.3 Å². The number of carbonyl (C=O) groups is 3. The molecule has 0 aromatic heterocycles. The fourth-order valence-electron chi connectivity index (χ4n) is 2.76. The van der Waals surface area contributed by atoms with Crippen LogP contribution in [0.3, 0.4) is 0 Å². The van der Waals surface area contributed by atoms with Crippen molar-refractivity contribution in [3.63, 3.8) is 0 Å². The first kappa shape index (κ1) is 27.5. The maximum atomic E-state index is 12.4. The summed E-state index contributed by atoms with van der Waals surface area (Å²) in [6.45, 7) is 5.23. The van der Waals surface area contributed by atoms with Crippen LogP contribution < -0.4 is 10.6 Å². The summed E-state index contributed by atoms with van der Waals surface area (Å²) in [6, 6.07) is 12.8. The van der Waals surface area contributed by atoms with Gasteiger partial charge in [-0.1, -0.05) is 36.4 Å². The van der Waals surface area contributed by atoms with Crippen molar-refractivity contribution in [1.82, 2.24) is 0 Å². The first-order valence-electron chi connectivity index (χ1n) is 10.4. The van der Waals surface area contributed by atoms with Crippen molar-refractivity contribution >= 4 is 45.5 Å². The maximum Gasteiger partial charge on any atom is 0.412 e. The summed E-state index contributed by atoms with van der Waals surface area (Å²) < 4.78 is 37.6. The van der Waals surface area contributed by atoms with Gasteiger partial charge in [0.15, 0.2) is 6.10 Å². The van der Waals surface area contributed by atoms with Crippen LogP contribution in [0.1, 0.15) is 38.0 Å². The lowest BCUT2D eigenvalue weighted by atomic mass is 10.1. The van der Waals surface area contributed by atoms with Gasteiger partial charge in [0.1, 0.15) is 5.60 Å². The molecule has 0 aliphatic heterocycles. The predicted octanol–water partition coefficient (Wildman–Crippen LogP) is 3.88. The van der Waals surface area contributed by atoms with Crippen LogP contribution in [0.5, 0.6) is 0 Å². The standard InChI is InChI=1S/C24H28N2O8S/c1-24(2,3)33-23(29)26-19-9-7-6-8-18(19)25-20(27)15-12-16-10-13-17(14-11-16)21(22(28)32-4)34-35(5,30)31/h6-15,21H,1-5H3,(H,25,27)(H,26,29)/b15-12+. The van der Waals surface area contributed by atoms with Crippen LogP contribution in [0, 0.1) is 0 Å². The lowest BCUT2D eigenvalue weighted by molar-refractivity contribution is -0.149. The molecule has 0 spiro atoms. The Morgan fingerprint density at radius 3 is 2.03 bits per heavy atom. The molecule has 0 bridgehead atoms. The predicted molar refractivity (Wildman–Crippen MR) is 131 cm³/mol. The van der Waals surface area contributed by atoms with Gasteiger partial charge in [-0.2, -0.15) is 8.42 Å². The minimum atomic E-state index is -3.91. The van der Waals surface area contributed by atoms with Gasteiger partial charge in [0.2, 0.25) is 5.91 Å². The zero-order chi connectivity index (χ0) is 26.2. The molecule has 11 heteroatoms. The van der Waals surface area contributed by atoms with Crippen LogP contribution in [-0.4, -0.2) is 45.4 Å². The number of methoxy groups -OCH3 is 1. The van der Waals surface area contributed by atoms with Crippen LogP contribution in [0.2, 0.25) is 0 Å². The zero-order valence-electron chi connectivity index (χ0n) is 20.0. The molecule has 2 amide bonds. The molecule has 0 saturated heterocycles. The topological polar surface area (TPSA) is 137 Å². The van der Waals surface area contributed by atoms with Gasteiger partial charge >= 0.3 is 12.1 Å². The lowest BCUT2D eigenvalue weighted by Gasteiger charge is -2.20. The molecular formula is C24H28N2O8S. The van der Waals surface area contributed by atoms with E-state index in [1.54, 1.807) is 57.2 Å². The normalized spacial score (nSPS) is 12.6. The first-order valence-corrected chi connectivity index (χ1v) is 12.2. The second-order valence-electron chi connectivity index (χ2n) is 8.37. The highest BCUT2D eigenvalue weighted by Crippen LogP contribution is 2.23. The minimum Gasteiger partial charge on any atom is -0.467 e. The van der Waals surface area contributed by atoms with Crippen LogP contribution in [-0.2, 0) is 33.4 Å². The number of carbonyl (C=O) groups excluding carboxylic acids is 3. The lowest BCUT2D eigenvalue weighted by Crippen LogP contribution is -2.27. The first-order chi connectivity index (χ1) is 16.3. The Hall–Kier alpha value is -3.70. The number of para-hydroxylation sites is 2. The van der Waals surface area contributed by atoms with Crippen LogP contribution in [0.25, 0.3) is 6.08 Å². The number of amides is 2. The highest BCUT2D eigenvalue weighted by molar-refractivity contribution is 7.86. The van der Waals surface area contributed by atoms with E-state index in [4.69, 9.17) is 8.92 Å². The van der Waals surface area contributed by atoms with Crippen LogP contribution in [0.4, 0.5) is 16.2 Å². The average molecular weight is 505 g/mol. The van der Waals surface area contributed by atoms with Crippen molar-refractivity contribution in [3.05, 3.63) is 65.7 Å². The Balaban J connectivity index is 2.09. The van der Waals surface area contributed by atoms with Gasteiger partial charge in [0.05, 0.1) is 24.7 Å². The number of benzene rings is 2. The van der Waals surface area contributed by atoms with Gasteiger partial charge in [-0.15, -0.1) is 0 Å². The van der Waals surface area contributed by atoms with E-state index >= 15 is 0 Å². The van der Waals surface area contributed by atoms with Crippen LogP contribution in [0.15, 0.2) is 54.6 Å². The smallest absolute Gasteiger partial charge is 0.412 e. The fraction of sp³-hybridized carbons (Fsp3) is 0.292. The number of ether oxygens (including phenoxy) is 2. The summed E-state index contributed by atoms with van der Waals surface area (Å²) in [5.74, 6) is -1.32. The van der Waals surface area contributed by atoms with E-state index in [-0.39, 0.29) is 5.56 Å². The van der Waals surface area contributed by atoms with Crippen molar-refractivity contribution in [2.24, 2.45) is 0 Å². The molecule has 0 radical (unpaired) electrons. The molecule has 0 aliphatic carbocycles. The van der Waals surface area contributed by atoms with E-state index in [1.807, 2.05) is 0 Å². The second kappa shape index (κ2) is 11.6. The third-order valence-corrected chi connectivity index (χ3v) is 4.72. The quantitative estimate of drug-likeness (QED) is 0.314. The molecule has 1 atom stereocenters. The Morgan fingerprint density at radius 2 is 1.51 bits per heavy atom. The van der Waals surface area contributed by atoms with Gasteiger partial charge < -0.3 is 14.8 Å². The molecule has 0 fully saturated rings. The van der Waals surface area contributed by atoms with E-state index in [0.29, 0.717) is 16.9 Å². The molecule has 0 aliphatic rings. The number of rotatable bonds is 8. The Morgan fingerprint density at radius 1 is 0.943 bits per heavy atom. The van der Waals surface area contributed by atoms with Crippen molar-refractivity contribution in [1.29, 1.82) is 0 Å². The molecule has 1 unspecified atom stereocenters. The Labute approximate surface area is 204 Å². The van der Waals surface area contributed by atoms with E-state index in [9.17, 15) is 22.8 Å². The summed E-state index contributed by atoms with van der Waals surface area (Å²) in [4.78, 5) is 36.4. The third kappa shape index (κ3) is 9.59. The molecule has 2 aromatic rings. The Kier molecular flexibility index (Phi) is 9.15. The summed E-state index contributed by atoms with van der Waals surface area (Å²) in [5, 5.41) is 5.28. The SMILES string of the molecule is COC(=O)C(OS(C)(=O)=O)c1ccc(/C=C/C(=O)Nc2ccccc2NC(=O)OC(C)(C)C)cc1. The molecule has 0 heterocycles. The summed E-state index contributed by atoms with van der Waals surface area (Å²) in [6.07, 6.45) is 1.54. The maximum absolute atomic E-state index is 12.4. The molecule has 2 N–H and O–H groups in total. The fourth-order valence-corrected chi connectivity index (χ4v) is 3.29. The second-order valence-corrected chi connectivity index (χ2v) is 9.97. The summed E-state index contributed by atoms with van der Waals surface area (Å²) >= 11 is 0. The Bertz CT molecular complexity index is 1200. The largest absolute Gasteiger partial charge is 0.467 e. The number of anilines is 2. The summed E-state index contributed by atoms with van der Waals surface area (Å²) in [7, 11) is -2.79. The number of esters is 1. The van der Waals surface area contributed by atoms with Gasteiger partial charge in [-0.25, -0.2) is 9.59 Å². The third-order valence-electron chi connectivity index (χ3n) is 4.17. The average Bonchev–Trinajstić information content (AvgIpc) is 2.75. The minimum absolute atomic E-state index is 0.269. The van der Waals surface area contributed by atoms with Crippen molar-refractivity contribution in [2.45, 2.75) is 32.5 Å². The van der Waals surface area contributed by atoms with E-state index < -0.39 is 39.8 Å². The van der Waals surface area contributed by atoms with E-state index in [0.717, 1.165) is 13.4 Å². The van der Waals surface area contributed by atoms with Gasteiger partial charge in [-0.05, 0) is 50.1 Å². The van der Waals surface area contributed by atoms with Gasteiger partial charge in [0, 0.05) is 6.08 Å². The number of nitrogens with one attached hydrogen (secondary N) is 2. The number of hydrogen-bond donors (Lipinski definition) is 2. The zero-order valence-corrected chi connectivity index (χ0v) is 20.8. The van der Waals surface area contributed by atoms with E-state index in [2.05, 4.69) is 15.4 Å². The molecular weight excluding hydrogens is 476 g/mol.